The van der Waals surface area contributed by atoms with Gasteiger partial charge in [0.05, 0.1) is 45.0 Å². The Morgan fingerprint density at radius 1 is 0.426 bits per heavy atom. The minimum absolute atomic E-state index is 0.799. The maximum Gasteiger partial charge on any atom is 0.0956 e. The highest BCUT2D eigenvalue weighted by Crippen LogP contribution is 2.41. The zero-order valence-electron chi connectivity index (χ0n) is 25.3. The Labute approximate surface area is 271 Å². The molecule has 0 saturated carbocycles. The molecule has 0 unspecified atom stereocenters. The number of aromatic nitrogens is 5. The molecule has 0 N–H and O–H groups in total. The van der Waals surface area contributed by atoms with Crippen molar-refractivity contribution in [1.29, 1.82) is 0 Å². The van der Waals surface area contributed by atoms with Crippen LogP contribution >= 0.6 is 0 Å². The van der Waals surface area contributed by atoms with Crippen molar-refractivity contribution in [3.05, 3.63) is 164 Å². The van der Waals surface area contributed by atoms with Gasteiger partial charge in [0, 0.05) is 39.8 Å². The fraction of sp³-hybridized carbons (Fsp3) is 0. The summed E-state index contributed by atoms with van der Waals surface area (Å²) in [7, 11) is 0. The Kier molecular flexibility index (Phi) is 6.39. The van der Waals surface area contributed by atoms with Crippen molar-refractivity contribution in [3.8, 4) is 50.8 Å². The second kappa shape index (κ2) is 11.2. The van der Waals surface area contributed by atoms with Crippen LogP contribution in [-0.4, -0.2) is 24.5 Å². The van der Waals surface area contributed by atoms with E-state index in [4.69, 9.17) is 9.97 Å². The van der Waals surface area contributed by atoms with Crippen molar-refractivity contribution in [2.24, 2.45) is 0 Å². The molecule has 5 heteroatoms. The van der Waals surface area contributed by atoms with Crippen LogP contribution in [0, 0.1) is 0 Å². The average molecular weight is 602 g/mol. The van der Waals surface area contributed by atoms with Crippen LogP contribution in [-0.2, 0) is 0 Å². The van der Waals surface area contributed by atoms with Crippen molar-refractivity contribution in [2.45, 2.75) is 0 Å². The van der Waals surface area contributed by atoms with E-state index in [9.17, 15) is 0 Å². The molecule has 9 aromatic rings. The van der Waals surface area contributed by atoms with Gasteiger partial charge in [0.15, 0.2) is 0 Å². The number of fused-ring (bicyclic) bond motifs is 5. The lowest BCUT2D eigenvalue weighted by Crippen LogP contribution is -1.98. The normalized spacial score (nSPS) is 11.4. The summed E-state index contributed by atoms with van der Waals surface area (Å²) in [5.74, 6) is 0. The molecule has 0 amide bonds. The highest BCUT2D eigenvalue weighted by atomic mass is 15.0. The van der Waals surface area contributed by atoms with Crippen molar-refractivity contribution in [3.63, 3.8) is 0 Å². The molecule has 220 valence electrons. The molecule has 0 fully saturated rings. The number of pyridine rings is 4. The molecule has 0 atom stereocenters. The molecular formula is C42H27N5. The zero-order valence-corrected chi connectivity index (χ0v) is 25.3. The number of rotatable bonds is 5. The molecule has 0 aliphatic rings. The summed E-state index contributed by atoms with van der Waals surface area (Å²) in [4.78, 5) is 19.5. The lowest BCUT2D eigenvalue weighted by Gasteiger charge is -2.14. The van der Waals surface area contributed by atoms with Crippen molar-refractivity contribution >= 4 is 32.7 Å². The summed E-state index contributed by atoms with van der Waals surface area (Å²) in [5, 5.41) is 3.54. The largest absolute Gasteiger partial charge is 0.307 e. The summed E-state index contributed by atoms with van der Waals surface area (Å²) in [6.45, 7) is 0. The summed E-state index contributed by atoms with van der Waals surface area (Å²) >= 11 is 0. The van der Waals surface area contributed by atoms with E-state index in [1.165, 1.54) is 10.8 Å². The van der Waals surface area contributed by atoms with Crippen molar-refractivity contribution in [1.82, 2.24) is 24.5 Å². The van der Waals surface area contributed by atoms with Gasteiger partial charge in [-0.05, 0) is 71.8 Å². The number of hydrogen-bond donors (Lipinski definition) is 0. The Hall–Kier alpha value is -6.46. The lowest BCUT2D eigenvalue weighted by atomic mass is 10.0. The van der Waals surface area contributed by atoms with Gasteiger partial charge in [-0.15, -0.1) is 0 Å². The highest BCUT2D eigenvalue weighted by molar-refractivity contribution is 6.23. The van der Waals surface area contributed by atoms with E-state index in [0.717, 1.165) is 72.8 Å². The van der Waals surface area contributed by atoms with E-state index in [1.54, 1.807) is 12.4 Å². The molecule has 0 spiro atoms. The van der Waals surface area contributed by atoms with Crippen LogP contribution in [0.4, 0.5) is 0 Å². The van der Waals surface area contributed by atoms with E-state index in [2.05, 4.69) is 124 Å². The molecule has 0 aliphatic heterocycles. The van der Waals surface area contributed by atoms with Crippen LogP contribution in [0.25, 0.3) is 83.6 Å². The first-order valence-corrected chi connectivity index (χ1v) is 15.6. The first-order valence-electron chi connectivity index (χ1n) is 15.6. The average Bonchev–Trinajstić information content (AvgIpc) is 3.51. The predicted octanol–water partition coefficient (Wildman–Crippen LogP) is 10.2. The standard InChI is InChI=1S/C42H27N5/c1-2-13-28(14-3-1)41-42-40(32-17-4-6-19-34(32)46-41)33-18-5-7-22-39(33)47(42)31-16-12-15-29(25-31)30-26-37(35-20-8-10-23-43-35)45-38(27-30)36-21-9-11-24-44-36/h1-27H. The van der Waals surface area contributed by atoms with E-state index in [1.807, 2.05) is 42.5 Å². The van der Waals surface area contributed by atoms with E-state index in [0.29, 0.717) is 0 Å². The van der Waals surface area contributed by atoms with E-state index >= 15 is 0 Å². The molecule has 5 aromatic heterocycles. The predicted molar refractivity (Wildman–Crippen MR) is 191 cm³/mol. The van der Waals surface area contributed by atoms with Gasteiger partial charge in [-0.3, -0.25) is 9.97 Å². The van der Waals surface area contributed by atoms with Gasteiger partial charge in [-0.25, -0.2) is 9.97 Å². The Morgan fingerprint density at radius 3 is 1.79 bits per heavy atom. The minimum Gasteiger partial charge on any atom is -0.307 e. The smallest absolute Gasteiger partial charge is 0.0956 e. The van der Waals surface area contributed by atoms with Crippen molar-refractivity contribution in [2.75, 3.05) is 0 Å². The van der Waals surface area contributed by atoms with Crippen LogP contribution in [0.3, 0.4) is 0 Å². The van der Waals surface area contributed by atoms with Gasteiger partial charge in [0.2, 0.25) is 0 Å². The topological polar surface area (TPSA) is 56.5 Å². The third-order valence-corrected chi connectivity index (χ3v) is 8.67. The highest BCUT2D eigenvalue weighted by Gasteiger charge is 2.21. The third-order valence-electron chi connectivity index (χ3n) is 8.67. The second-order valence-electron chi connectivity index (χ2n) is 11.5. The van der Waals surface area contributed by atoms with Gasteiger partial charge in [0.25, 0.3) is 0 Å². The first kappa shape index (κ1) is 26.9. The van der Waals surface area contributed by atoms with Gasteiger partial charge < -0.3 is 4.57 Å². The molecule has 47 heavy (non-hydrogen) atoms. The quantitative estimate of drug-likeness (QED) is 0.197. The van der Waals surface area contributed by atoms with Gasteiger partial charge in [0.1, 0.15) is 0 Å². The van der Waals surface area contributed by atoms with Crippen LogP contribution < -0.4 is 0 Å². The zero-order chi connectivity index (χ0) is 31.2. The maximum absolute atomic E-state index is 5.28. The molecule has 4 aromatic carbocycles. The van der Waals surface area contributed by atoms with E-state index in [-0.39, 0.29) is 0 Å². The lowest BCUT2D eigenvalue weighted by molar-refractivity contribution is 1.17. The summed E-state index contributed by atoms with van der Waals surface area (Å²) in [6.07, 6.45) is 3.60. The Morgan fingerprint density at radius 2 is 1.06 bits per heavy atom. The number of para-hydroxylation sites is 2. The van der Waals surface area contributed by atoms with Crippen LogP contribution in [0.1, 0.15) is 0 Å². The molecule has 5 nitrogen and oxygen atoms in total. The van der Waals surface area contributed by atoms with Crippen LogP contribution in [0.15, 0.2) is 164 Å². The molecule has 0 bridgehead atoms. The molecule has 9 rings (SSSR count). The SMILES string of the molecule is c1ccc(-c2nc3ccccc3c3c4ccccc4n(-c4cccc(-c5cc(-c6ccccn6)nc(-c6ccccn6)c5)c4)c23)cc1. The molecule has 0 aliphatic carbocycles. The maximum atomic E-state index is 5.28. The second-order valence-corrected chi connectivity index (χ2v) is 11.5. The first-order chi connectivity index (χ1) is 23.3. The van der Waals surface area contributed by atoms with Crippen LogP contribution in [0.5, 0.6) is 0 Å². The summed E-state index contributed by atoms with van der Waals surface area (Å²) in [6, 6.07) is 52.4. The van der Waals surface area contributed by atoms with Gasteiger partial charge >= 0.3 is 0 Å². The number of nitrogens with zero attached hydrogens (tertiary/aromatic N) is 5. The van der Waals surface area contributed by atoms with Crippen LogP contribution in [0.2, 0.25) is 0 Å². The minimum atomic E-state index is 0.799. The van der Waals surface area contributed by atoms with Gasteiger partial charge in [-0.1, -0.05) is 91.0 Å². The van der Waals surface area contributed by atoms with Crippen molar-refractivity contribution < 1.29 is 0 Å². The summed E-state index contributed by atoms with van der Waals surface area (Å²) < 4.78 is 2.37. The third kappa shape index (κ3) is 4.64. The fourth-order valence-corrected chi connectivity index (χ4v) is 6.57. The molecule has 0 radical (unpaired) electrons. The molecule has 5 heterocycles. The number of hydrogen-bond acceptors (Lipinski definition) is 4. The monoisotopic (exact) mass is 601 g/mol. The van der Waals surface area contributed by atoms with E-state index < -0.39 is 0 Å². The fourth-order valence-electron chi connectivity index (χ4n) is 6.57. The molecule has 0 saturated heterocycles. The number of benzene rings is 4. The summed E-state index contributed by atoms with van der Waals surface area (Å²) in [5.41, 5.74) is 11.6. The Balaban J connectivity index is 1.32. The Bertz CT molecular complexity index is 2500. The van der Waals surface area contributed by atoms with Gasteiger partial charge in [-0.2, -0.15) is 0 Å². The molecular weight excluding hydrogens is 574 g/mol.